The number of carbonyl (C=O) groups excluding carboxylic acids is 4. The minimum Gasteiger partial charge on any atom is -0.469 e. The van der Waals surface area contributed by atoms with Gasteiger partial charge in [-0.2, -0.15) is 0 Å². The minimum atomic E-state index is -0.399. The molecule has 0 spiro atoms. The van der Waals surface area contributed by atoms with Crippen molar-refractivity contribution in [2.75, 3.05) is 45.2 Å². The Bertz CT molecular complexity index is 918. The average Bonchev–Trinajstić information content (AvgIpc) is 3.34. The summed E-state index contributed by atoms with van der Waals surface area (Å²) < 4.78 is 9.65. The summed E-state index contributed by atoms with van der Waals surface area (Å²) in [5.41, 5.74) is 0.957. The van der Waals surface area contributed by atoms with Crippen molar-refractivity contribution in [3.63, 3.8) is 0 Å². The van der Waals surface area contributed by atoms with Gasteiger partial charge in [-0.25, -0.2) is 4.79 Å². The molecule has 1 aliphatic rings. The Balaban J connectivity index is 1.45. The number of ether oxygens (including phenoxy) is 1. The number of esters is 1. The summed E-state index contributed by atoms with van der Waals surface area (Å²) >= 11 is 0. The third-order valence-electron chi connectivity index (χ3n) is 4.83. The maximum absolute atomic E-state index is 12.5. The number of nitrogens with zero attached hydrogens (tertiary/aromatic N) is 2. The number of anilines is 1. The van der Waals surface area contributed by atoms with Gasteiger partial charge in [-0.3, -0.25) is 14.4 Å². The lowest BCUT2D eigenvalue weighted by Gasteiger charge is -2.34. The van der Waals surface area contributed by atoms with Crippen LogP contribution in [-0.2, 0) is 9.53 Å². The number of furan rings is 1. The van der Waals surface area contributed by atoms with Crippen LogP contribution < -0.4 is 10.6 Å². The van der Waals surface area contributed by atoms with Gasteiger partial charge in [0.15, 0.2) is 5.76 Å². The van der Waals surface area contributed by atoms with Crippen LogP contribution in [0.4, 0.5) is 10.5 Å². The molecule has 0 saturated carbocycles. The topological polar surface area (TPSA) is 121 Å². The first-order chi connectivity index (χ1) is 15.0. The standard InChI is InChI=1S/C21H24N4O6/c1-30-18(26)8-9-22-19(27)15-4-6-16(7-5-15)23-21(29)25-12-10-24(11-13-25)20(28)17-3-2-14-31-17/h2-7,14H,8-13H2,1H3,(H,22,27)(H,23,29). The second-order valence-corrected chi connectivity index (χ2v) is 6.85. The van der Waals surface area contributed by atoms with Crippen LogP contribution in [0.1, 0.15) is 27.3 Å². The number of methoxy groups -OCH3 is 1. The van der Waals surface area contributed by atoms with E-state index in [0.29, 0.717) is 37.4 Å². The number of nitrogens with one attached hydrogen (secondary N) is 2. The summed E-state index contributed by atoms with van der Waals surface area (Å²) in [6.07, 6.45) is 1.55. The van der Waals surface area contributed by atoms with Crippen molar-refractivity contribution in [1.29, 1.82) is 0 Å². The molecule has 3 rings (SSSR count). The molecular formula is C21H24N4O6. The largest absolute Gasteiger partial charge is 0.469 e. The monoisotopic (exact) mass is 428 g/mol. The molecule has 2 N–H and O–H groups in total. The van der Waals surface area contributed by atoms with Gasteiger partial charge in [0.25, 0.3) is 11.8 Å². The van der Waals surface area contributed by atoms with Crippen LogP contribution in [0.25, 0.3) is 0 Å². The van der Waals surface area contributed by atoms with E-state index in [-0.39, 0.29) is 36.6 Å². The Morgan fingerprint density at radius 2 is 1.68 bits per heavy atom. The molecule has 0 aliphatic carbocycles. The molecular weight excluding hydrogens is 404 g/mol. The second kappa shape index (κ2) is 10.3. The van der Waals surface area contributed by atoms with Gasteiger partial charge in [0.05, 0.1) is 19.8 Å². The lowest BCUT2D eigenvalue weighted by Crippen LogP contribution is -2.51. The van der Waals surface area contributed by atoms with E-state index in [2.05, 4.69) is 15.4 Å². The van der Waals surface area contributed by atoms with E-state index in [4.69, 9.17) is 4.42 Å². The van der Waals surface area contributed by atoms with Gasteiger partial charge in [0, 0.05) is 44.0 Å². The Morgan fingerprint density at radius 3 is 2.29 bits per heavy atom. The predicted molar refractivity (Wildman–Crippen MR) is 111 cm³/mol. The molecule has 1 fully saturated rings. The van der Waals surface area contributed by atoms with Gasteiger partial charge in [-0.1, -0.05) is 0 Å². The van der Waals surface area contributed by atoms with E-state index in [1.165, 1.54) is 13.4 Å². The van der Waals surface area contributed by atoms with Crippen molar-refractivity contribution in [3.8, 4) is 0 Å². The Hall–Kier alpha value is -3.82. The molecule has 1 saturated heterocycles. The molecule has 31 heavy (non-hydrogen) atoms. The second-order valence-electron chi connectivity index (χ2n) is 6.85. The van der Waals surface area contributed by atoms with Crippen LogP contribution in [0.3, 0.4) is 0 Å². The summed E-state index contributed by atoms with van der Waals surface area (Å²) in [5.74, 6) is -0.624. The summed E-state index contributed by atoms with van der Waals surface area (Å²) in [4.78, 5) is 51.2. The summed E-state index contributed by atoms with van der Waals surface area (Å²) in [6, 6.07) is 9.43. The van der Waals surface area contributed by atoms with Crippen LogP contribution in [0.2, 0.25) is 0 Å². The molecule has 1 aliphatic heterocycles. The van der Waals surface area contributed by atoms with Crippen molar-refractivity contribution < 1.29 is 28.3 Å². The van der Waals surface area contributed by atoms with Gasteiger partial charge >= 0.3 is 12.0 Å². The first-order valence-corrected chi connectivity index (χ1v) is 9.81. The number of carbonyl (C=O) groups is 4. The highest BCUT2D eigenvalue weighted by molar-refractivity contribution is 5.96. The fraction of sp³-hybridized carbons (Fsp3) is 0.333. The van der Waals surface area contributed by atoms with Gasteiger partial charge in [-0.05, 0) is 36.4 Å². The Morgan fingerprint density at radius 1 is 1.00 bits per heavy atom. The first kappa shape index (κ1) is 21.9. The molecule has 0 bridgehead atoms. The van der Waals surface area contributed by atoms with Crippen molar-refractivity contribution in [1.82, 2.24) is 15.1 Å². The molecule has 0 radical (unpaired) electrons. The summed E-state index contributed by atoms with van der Waals surface area (Å²) in [7, 11) is 1.29. The lowest BCUT2D eigenvalue weighted by molar-refractivity contribution is -0.140. The molecule has 4 amide bonds. The maximum atomic E-state index is 12.5. The fourth-order valence-electron chi connectivity index (χ4n) is 3.06. The normalized spacial score (nSPS) is 13.5. The van der Waals surface area contributed by atoms with Crippen LogP contribution in [0.15, 0.2) is 47.1 Å². The SMILES string of the molecule is COC(=O)CCNC(=O)c1ccc(NC(=O)N2CCN(C(=O)c3ccco3)CC2)cc1. The zero-order valence-corrected chi connectivity index (χ0v) is 17.1. The number of hydrogen-bond acceptors (Lipinski definition) is 6. The molecule has 10 nitrogen and oxygen atoms in total. The van der Waals surface area contributed by atoms with Crippen molar-refractivity contribution in [2.45, 2.75) is 6.42 Å². The quantitative estimate of drug-likeness (QED) is 0.674. The van der Waals surface area contributed by atoms with E-state index in [9.17, 15) is 19.2 Å². The third-order valence-corrected chi connectivity index (χ3v) is 4.83. The lowest BCUT2D eigenvalue weighted by atomic mass is 10.2. The molecule has 1 aromatic carbocycles. The van der Waals surface area contributed by atoms with Crippen LogP contribution in [0.5, 0.6) is 0 Å². The van der Waals surface area contributed by atoms with Gasteiger partial charge < -0.3 is 29.6 Å². The van der Waals surface area contributed by atoms with Crippen molar-refractivity contribution in [2.24, 2.45) is 0 Å². The van der Waals surface area contributed by atoms with E-state index in [0.717, 1.165) is 0 Å². The summed E-state index contributed by atoms with van der Waals surface area (Å²) in [6.45, 7) is 1.81. The molecule has 0 unspecified atom stereocenters. The van der Waals surface area contributed by atoms with Crippen LogP contribution in [0, 0.1) is 0 Å². The van der Waals surface area contributed by atoms with Gasteiger partial charge in [0.1, 0.15) is 0 Å². The van der Waals surface area contributed by atoms with Gasteiger partial charge in [0.2, 0.25) is 0 Å². The third kappa shape index (κ3) is 5.84. The van der Waals surface area contributed by atoms with Crippen molar-refractivity contribution in [3.05, 3.63) is 54.0 Å². The molecule has 1 aromatic heterocycles. The van der Waals surface area contributed by atoms with Crippen molar-refractivity contribution >= 4 is 29.5 Å². The molecule has 10 heteroatoms. The van der Waals surface area contributed by atoms with E-state index in [1.54, 1.807) is 46.2 Å². The smallest absolute Gasteiger partial charge is 0.321 e. The number of hydrogen-bond donors (Lipinski definition) is 2. The van der Waals surface area contributed by atoms with Gasteiger partial charge in [-0.15, -0.1) is 0 Å². The van der Waals surface area contributed by atoms with Crippen LogP contribution >= 0.6 is 0 Å². The number of piperazine rings is 1. The number of amides is 4. The maximum Gasteiger partial charge on any atom is 0.321 e. The average molecular weight is 428 g/mol. The molecule has 0 atom stereocenters. The van der Waals surface area contributed by atoms with E-state index >= 15 is 0 Å². The van der Waals surface area contributed by atoms with E-state index in [1.807, 2.05) is 0 Å². The highest BCUT2D eigenvalue weighted by atomic mass is 16.5. The highest BCUT2D eigenvalue weighted by Gasteiger charge is 2.26. The zero-order chi connectivity index (χ0) is 22.2. The minimum absolute atomic E-state index is 0.0940. The molecule has 2 aromatic rings. The predicted octanol–water partition coefficient (Wildman–Crippen LogP) is 1.56. The highest BCUT2D eigenvalue weighted by Crippen LogP contribution is 2.13. The number of urea groups is 1. The number of benzene rings is 1. The Kier molecular flexibility index (Phi) is 7.26. The molecule has 2 heterocycles. The molecule has 164 valence electrons. The van der Waals surface area contributed by atoms with E-state index < -0.39 is 5.97 Å². The zero-order valence-electron chi connectivity index (χ0n) is 17.1. The summed E-state index contributed by atoms with van der Waals surface area (Å²) in [5, 5.41) is 5.41. The first-order valence-electron chi connectivity index (χ1n) is 9.81. The Labute approximate surface area is 179 Å². The van der Waals surface area contributed by atoms with Crippen LogP contribution in [-0.4, -0.2) is 73.4 Å². The fourth-order valence-corrected chi connectivity index (χ4v) is 3.06. The number of rotatable bonds is 6.